The summed E-state index contributed by atoms with van der Waals surface area (Å²) < 4.78 is 9.06. The van der Waals surface area contributed by atoms with E-state index in [1.165, 1.54) is 12.8 Å². The third-order valence-electron chi connectivity index (χ3n) is 15.6. The van der Waals surface area contributed by atoms with E-state index < -0.39 is 0 Å². The van der Waals surface area contributed by atoms with Gasteiger partial charge in [0.05, 0.1) is 18.8 Å². The lowest BCUT2D eigenvalue weighted by molar-refractivity contribution is 0.0962. The smallest absolute Gasteiger partial charge is 0.260 e. The zero-order chi connectivity index (χ0) is 61.8. The molecule has 0 radical (unpaired) electrons. The van der Waals surface area contributed by atoms with E-state index in [1.54, 1.807) is 40.9 Å². The number of hydrogen-bond acceptors (Lipinski definition) is 14. The van der Waals surface area contributed by atoms with Crippen LogP contribution in [-0.2, 0) is 19.6 Å². The number of anilines is 3. The summed E-state index contributed by atoms with van der Waals surface area (Å²) in [7, 11) is 0. The molecule has 0 unspecified atom stereocenters. The Kier molecular flexibility index (Phi) is 20.8. The minimum Gasteiger partial charge on any atom is -0.399 e. The van der Waals surface area contributed by atoms with Gasteiger partial charge in [0, 0.05) is 56.0 Å². The Hall–Kier alpha value is -9.71. The Labute approximate surface area is 564 Å². The van der Waals surface area contributed by atoms with Crippen molar-refractivity contribution in [2.24, 2.45) is 0 Å². The third kappa shape index (κ3) is 15.1. The van der Waals surface area contributed by atoms with Gasteiger partial charge in [-0.05, 0) is 173 Å². The molecule has 3 saturated carbocycles. The van der Waals surface area contributed by atoms with Gasteiger partial charge in [0.1, 0.15) is 52.3 Å². The van der Waals surface area contributed by atoms with Crippen molar-refractivity contribution in [1.82, 2.24) is 64.6 Å². The molecule has 3 aliphatic carbocycles. The number of nitrogens with two attached hydrogens (primary N) is 1. The van der Waals surface area contributed by atoms with Crippen molar-refractivity contribution < 1.29 is 14.4 Å². The van der Waals surface area contributed by atoms with E-state index in [0.717, 1.165) is 113 Å². The van der Waals surface area contributed by atoms with Crippen LogP contribution in [0.5, 0.6) is 0 Å². The molecular formula is C70H68Br3N17O3. The number of carbonyl (C=O) groups is 3. The van der Waals surface area contributed by atoms with Crippen LogP contribution in [0.1, 0.15) is 138 Å². The number of rotatable bonds is 10. The number of nitrogens with one attached hydrogen (secondary N) is 2. The highest BCUT2D eigenvalue weighted by Gasteiger charge is 2.33. The maximum absolute atomic E-state index is 12.7. The first-order chi connectivity index (χ1) is 43.9. The molecule has 20 nitrogen and oxygen atoms in total. The van der Waals surface area contributed by atoms with Gasteiger partial charge in [-0.2, -0.15) is 0 Å². The standard InChI is InChI=1S/C18H14BrN5O.C18H16N6O.C13H11N.C10H9BrN4.C8H6BrNO.3CH4/c2*19-12-4-7-14-11(8-12)9-23(18(14)25)16-3-1-2-15(21-16)17-22-20-10-24(17)13-5-6-13;14-13(11-7-3-1-4-8-11)12-9-5-2-6-10-12;11-9-3-1-2-8(13-9)10-14-12-6-15(10)7-4-5-7;9-6-1-2-7-5(3-6)4-10-8(7)11;;;/h1-4,7-8,10,13H,5-6,9H2;1-4,7-8,10,13H,5-6,9,19H2;1-10,14H;1-3,6-7H,4-5H2;1-3H,4H2,(H,10,11);3*1H4. The Morgan fingerprint density at radius 1 is 0.462 bits per heavy atom. The van der Waals surface area contributed by atoms with Crippen LogP contribution >= 0.6 is 47.8 Å². The van der Waals surface area contributed by atoms with Crippen molar-refractivity contribution in [2.45, 2.75) is 98.6 Å². The molecule has 3 amide bonds. The maximum atomic E-state index is 12.7. The van der Waals surface area contributed by atoms with Gasteiger partial charge in [-0.15, -0.1) is 30.6 Å². The molecule has 0 atom stereocenters. The van der Waals surface area contributed by atoms with E-state index in [9.17, 15) is 14.4 Å². The highest BCUT2D eigenvalue weighted by atomic mass is 79.9. The number of amides is 3. The summed E-state index contributed by atoms with van der Waals surface area (Å²) in [5.74, 6) is 3.59. The average Bonchev–Trinajstić information content (AvgIpc) is 1.69. The lowest BCUT2D eigenvalue weighted by Gasteiger charge is -2.15. The number of nitrogen functional groups attached to an aromatic ring is 1. The number of aromatic nitrogens is 12. The first kappa shape index (κ1) is 66.2. The molecule has 6 aromatic heterocycles. The summed E-state index contributed by atoms with van der Waals surface area (Å²) in [5, 5.41) is 35.3. The molecule has 6 aliphatic rings. The van der Waals surface area contributed by atoms with Crippen molar-refractivity contribution >= 4 is 88.5 Å². The minimum atomic E-state index is -0.0525. The summed E-state index contributed by atoms with van der Waals surface area (Å²) in [6, 6.07) is 55.0. The van der Waals surface area contributed by atoms with Crippen LogP contribution in [0, 0.1) is 5.41 Å². The molecule has 93 heavy (non-hydrogen) atoms. The quantitative estimate of drug-likeness (QED) is 0.0655. The molecule has 0 spiro atoms. The van der Waals surface area contributed by atoms with Crippen LogP contribution in [0.2, 0.25) is 0 Å². The fourth-order valence-corrected chi connectivity index (χ4v) is 11.8. The number of fused-ring (bicyclic) bond motifs is 3. The molecule has 11 aromatic rings. The Balaban J connectivity index is 0.000000130. The van der Waals surface area contributed by atoms with Gasteiger partial charge in [-0.3, -0.25) is 29.6 Å². The molecule has 23 heteroatoms. The number of nitrogens with zero attached hydrogens (tertiary/aromatic N) is 14. The Morgan fingerprint density at radius 2 is 0.871 bits per heavy atom. The zero-order valence-electron chi connectivity index (χ0n) is 48.2. The van der Waals surface area contributed by atoms with E-state index in [4.69, 9.17) is 16.1 Å². The largest absolute Gasteiger partial charge is 0.399 e. The van der Waals surface area contributed by atoms with Crippen LogP contribution in [0.25, 0.3) is 34.6 Å². The second-order valence-electron chi connectivity index (χ2n) is 22.1. The summed E-state index contributed by atoms with van der Waals surface area (Å²) in [5.41, 5.74) is 16.5. The highest BCUT2D eigenvalue weighted by Crippen LogP contribution is 2.40. The highest BCUT2D eigenvalue weighted by molar-refractivity contribution is 9.11. The Bertz CT molecular complexity index is 4290. The Morgan fingerprint density at radius 3 is 1.32 bits per heavy atom. The van der Waals surface area contributed by atoms with Crippen molar-refractivity contribution in [3.05, 3.63) is 247 Å². The topological polar surface area (TPSA) is 250 Å². The zero-order valence-corrected chi connectivity index (χ0v) is 52.9. The van der Waals surface area contributed by atoms with Gasteiger partial charge in [0.2, 0.25) is 0 Å². The van der Waals surface area contributed by atoms with E-state index in [-0.39, 0.29) is 40.0 Å². The molecule has 472 valence electrons. The van der Waals surface area contributed by atoms with Gasteiger partial charge in [0.25, 0.3) is 17.7 Å². The molecule has 5 aromatic carbocycles. The van der Waals surface area contributed by atoms with Crippen molar-refractivity contribution in [2.75, 3.05) is 15.5 Å². The molecule has 3 aliphatic heterocycles. The monoisotopic (exact) mass is 1430 g/mol. The molecule has 17 rings (SSSR count). The molecule has 4 N–H and O–H groups in total. The number of halogens is 3. The number of benzene rings is 5. The number of carbonyl (C=O) groups excluding carboxylic acids is 3. The second kappa shape index (κ2) is 29.3. The average molecular weight is 1440 g/mol. The minimum absolute atomic E-state index is 0. The molecule has 0 bridgehead atoms. The van der Waals surface area contributed by atoms with E-state index in [2.05, 4.69) is 107 Å². The molecule has 9 heterocycles. The lowest BCUT2D eigenvalue weighted by atomic mass is 10.0. The molecule has 0 saturated heterocycles. The summed E-state index contributed by atoms with van der Waals surface area (Å²) >= 11 is 10.2. The lowest BCUT2D eigenvalue weighted by Crippen LogP contribution is -2.24. The molecule has 3 fully saturated rings. The van der Waals surface area contributed by atoms with Gasteiger partial charge < -0.3 is 24.8 Å². The SMILES string of the molecule is Brc1cccc(-c2nncn2C2CC2)n1.C.C.C.N=C(c1ccccc1)c1ccccc1.Nc1ccc2c(c1)CN(c1cccc(-c3nncn3C3CC3)n1)C2=O.O=C1NCc2cc(Br)ccc21.O=C1c2ccc(Br)cc2CN1c1cccc(-c2nncn2C2CC2)n1. The molecular weight excluding hydrogens is 1370 g/mol. The predicted molar refractivity (Wildman–Crippen MR) is 373 cm³/mol. The number of pyridine rings is 3. The van der Waals surface area contributed by atoms with E-state index >= 15 is 0 Å². The van der Waals surface area contributed by atoms with Crippen molar-refractivity contribution in [1.29, 1.82) is 5.41 Å². The third-order valence-corrected chi connectivity index (χ3v) is 17.1. The van der Waals surface area contributed by atoms with Crippen molar-refractivity contribution in [3.63, 3.8) is 0 Å². The summed E-state index contributed by atoms with van der Waals surface area (Å²) in [6.07, 6.45) is 12.3. The first-order valence-electron chi connectivity index (χ1n) is 29.2. The summed E-state index contributed by atoms with van der Waals surface area (Å²) in [4.78, 5) is 53.6. The van der Waals surface area contributed by atoms with Gasteiger partial charge in [-0.1, -0.05) is 133 Å². The predicted octanol–water partition coefficient (Wildman–Crippen LogP) is 15.2. The van der Waals surface area contributed by atoms with Crippen LogP contribution in [0.3, 0.4) is 0 Å². The normalized spacial score (nSPS) is 14.5. The van der Waals surface area contributed by atoms with Crippen LogP contribution in [0.4, 0.5) is 17.3 Å². The van der Waals surface area contributed by atoms with Gasteiger partial charge in [0.15, 0.2) is 17.5 Å². The second-order valence-corrected chi connectivity index (χ2v) is 24.7. The van der Waals surface area contributed by atoms with E-state index in [0.29, 0.717) is 66.4 Å². The van der Waals surface area contributed by atoms with Crippen molar-refractivity contribution in [3.8, 4) is 34.6 Å². The van der Waals surface area contributed by atoms with Crippen LogP contribution < -0.4 is 20.9 Å². The summed E-state index contributed by atoms with van der Waals surface area (Å²) in [6.45, 7) is 1.66. The fraction of sp³-hybridized carbons (Fsp3) is 0.214. The fourth-order valence-electron chi connectivity index (χ4n) is 10.6. The maximum Gasteiger partial charge on any atom is 0.260 e. The van der Waals surface area contributed by atoms with Gasteiger partial charge >= 0.3 is 0 Å². The van der Waals surface area contributed by atoms with Crippen LogP contribution in [-0.4, -0.2) is 82.7 Å². The van der Waals surface area contributed by atoms with Gasteiger partial charge in [-0.25, -0.2) is 15.0 Å². The van der Waals surface area contributed by atoms with E-state index in [1.807, 2.05) is 158 Å². The van der Waals surface area contributed by atoms with Crippen LogP contribution in [0.15, 0.2) is 202 Å². The number of hydrogen-bond donors (Lipinski definition) is 3. The first-order valence-corrected chi connectivity index (χ1v) is 31.6.